The average molecular weight is 211 g/mol. The molecule has 0 bridgehead atoms. The lowest BCUT2D eigenvalue weighted by atomic mass is 9.80. The van der Waals surface area contributed by atoms with E-state index in [9.17, 15) is 4.79 Å². The van der Waals surface area contributed by atoms with E-state index in [0.29, 0.717) is 19.0 Å². The molecule has 0 radical (unpaired) electrons. The van der Waals surface area contributed by atoms with Crippen LogP contribution in [0.3, 0.4) is 0 Å². The summed E-state index contributed by atoms with van der Waals surface area (Å²) in [6, 6.07) is 0. The fraction of sp³-hybridized carbons (Fsp3) is 0.600. The topological polar surface area (TPSA) is 72.6 Å². The van der Waals surface area contributed by atoms with E-state index in [1.54, 1.807) is 0 Å². The molecular formula is C10H13NO4. The molecule has 5 nitrogen and oxygen atoms in total. The van der Waals surface area contributed by atoms with Gasteiger partial charge in [-0.2, -0.15) is 0 Å². The molecule has 1 fully saturated rings. The zero-order valence-corrected chi connectivity index (χ0v) is 8.52. The quantitative estimate of drug-likeness (QED) is 0.801. The summed E-state index contributed by atoms with van der Waals surface area (Å²) in [5, 5.41) is 8.70. The van der Waals surface area contributed by atoms with Crippen LogP contribution in [0, 0.1) is 0 Å². The Kier molecular flexibility index (Phi) is 2.48. The highest BCUT2D eigenvalue weighted by molar-refractivity contribution is 5.82. The monoisotopic (exact) mass is 211 g/mol. The third-order valence-corrected chi connectivity index (χ3v) is 2.88. The zero-order valence-electron chi connectivity index (χ0n) is 8.52. The number of carboxylic acids is 1. The van der Waals surface area contributed by atoms with Crippen molar-refractivity contribution >= 4 is 5.97 Å². The van der Waals surface area contributed by atoms with Crippen LogP contribution in [-0.2, 0) is 10.2 Å². The molecule has 2 heterocycles. The molecule has 82 valence electrons. The van der Waals surface area contributed by atoms with Crippen LogP contribution in [0.4, 0.5) is 0 Å². The summed E-state index contributed by atoms with van der Waals surface area (Å²) in [7, 11) is 0. The molecule has 1 saturated heterocycles. The molecule has 2 rings (SSSR count). The maximum Gasteiger partial charge on any atom is 0.392 e. The Labute approximate surface area is 87.1 Å². The van der Waals surface area contributed by atoms with Crippen LogP contribution in [0.1, 0.15) is 36.2 Å². The van der Waals surface area contributed by atoms with E-state index in [-0.39, 0.29) is 11.3 Å². The van der Waals surface area contributed by atoms with Crippen LogP contribution in [0.15, 0.2) is 10.6 Å². The highest BCUT2D eigenvalue weighted by Gasteiger charge is 2.33. The summed E-state index contributed by atoms with van der Waals surface area (Å²) >= 11 is 0. The normalized spacial score (nSPS) is 20.1. The molecule has 0 atom stereocenters. The SMILES string of the molecule is CC1(c2cnc(C(=O)O)o2)CCOCC1. The zero-order chi connectivity index (χ0) is 10.9. The molecule has 15 heavy (non-hydrogen) atoms. The Balaban J connectivity index is 2.23. The highest BCUT2D eigenvalue weighted by atomic mass is 16.5. The van der Waals surface area contributed by atoms with Gasteiger partial charge in [0.1, 0.15) is 5.76 Å². The van der Waals surface area contributed by atoms with Gasteiger partial charge in [0.05, 0.1) is 6.20 Å². The molecule has 1 N–H and O–H groups in total. The Morgan fingerprint density at radius 3 is 2.73 bits per heavy atom. The maximum absolute atomic E-state index is 10.6. The number of carboxylic acid groups (broad SMARTS) is 1. The van der Waals surface area contributed by atoms with Gasteiger partial charge in [0.25, 0.3) is 0 Å². The van der Waals surface area contributed by atoms with Crippen LogP contribution in [0.25, 0.3) is 0 Å². The van der Waals surface area contributed by atoms with Crippen molar-refractivity contribution < 1.29 is 19.1 Å². The van der Waals surface area contributed by atoms with Gasteiger partial charge in [0, 0.05) is 18.6 Å². The van der Waals surface area contributed by atoms with Crippen molar-refractivity contribution in [3.8, 4) is 0 Å². The van der Waals surface area contributed by atoms with Crippen molar-refractivity contribution in [2.45, 2.75) is 25.2 Å². The second-order valence-corrected chi connectivity index (χ2v) is 4.01. The Morgan fingerprint density at radius 1 is 1.53 bits per heavy atom. The molecule has 5 heteroatoms. The van der Waals surface area contributed by atoms with Gasteiger partial charge >= 0.3 is 11.9 Å². The maximum atomic E-state index is 10.6. The van der Waals surface area contributed by atoms with E-state index < -0.39 is 5.97 Å². The highest BCUT2D eigenvalue weighted by Crippen LogP contribution is 2.34. The lowest BCUT2D eigenvalue weighted by Gasteiger charge is -2.30. The first kappa shape index (κ1) is 10.2. The predicted molar refractivity (Wildman–Crippen MR) is 50.9 cm³/mol. The van der Waals surface area contributed by atoms with Crippen molar-refractivity contribution in [1.82, 2.24) is 4.98 Å². The summed E-state index contributed by atoms with van der Waals surface area (Å²) in [4.78, 5) is 14.3. The standard InChI is InChI=1S/C10H13NO4/c1-10(2-4-14-5-3-10)7-6-11-8(15-7)9(12)13/h6H,2-5H2,1H3,(H,12,13). The molecule has 0 unspecified atom stereocenters. The third-order valence-electron chi connectivity index (χ3n) is 2.88. The van der Waals surface area contributed by atoms with Gasteiger partial charge in [-0.1, -0.05) is 6.92 Å². The number of oxazole rings is 1. The van der Waals surface area contributed by atoms with E-state index in [2.05, 4.69) is 4.98 Å². The Bertz CT molecular complexity index is 365. The number of hydrogen-bond acceptors (Lipinski definition) is 4. The summed E-state index contributed by atoms with van der Waals surface area (Å²) < 4.78 is 10.5. The first-order valence-electron chi connectivity index (χ1n) is 4.89. The molecule has 0 aliphatic carbocycles. The van der Waals surface area contributed by atoms with E-state index in [0.717, 1.165) is 12.8 Å². The molecule has 0 amide bonds. The molecule has 1 aliphatic rings. The van der Waals surface area contributed by atoms with Crippen LogP contribution < -0.4 is 0 Å². The molecule has 0 spiro atoms. The predicted octanol–water partition coefficient (Wildman–Crippen LogP) is 1.44. The van der Waals surface area contributed by atoms with Gasteiger partial charge in [0.2, 0.25) is 0 Å². The molecule has 1 aromatic rings. The van der Waals surface area contributed by atoms with Crippen LogP contribution in [-0.4, -0.2) is 29.3 Å². The van der Waals surface area contributed by atoms with Gasteiger partial charge in [0.15, 0.2) is 0 Å². The smallest absolute Gasteiger partial charge is 0.392 e. The van der Waals surface area contributed by atoms with Gasteiger partial charge < -0.3 is 14.3 Å². The van der Waals surface area contributed by atoms with E-state index in [1.165, 1.54) is 6.20 Å². The number of carbonyl (C=O) groups is 1. The van der Waals surface area contributed by atoms with Crippen LogP contribution in [0.5, 0.6) is 0 Å². The lowest BCUT2D eigenvalue weighted by molar-refractivity contribution is 0.0471. The molecule has 1 aromatic heterocycles. The van der Waals surface area contributed by atoms with Crippen molar-refractivity contribution in [3.05, 3.63) is 17.8 Å². The first-order chi connectivity index (χ1) is 7.12. The second kappa shape index (κ2) is 3.66. The van der Waals surface area contributed by atoms with Gasteiger partial charge in [-0.15, -0.1) is 0 Å². The number of ether oxygens (including phenoxy) is 1. The van der Waals surface area contributed by atoms with E-state index >= 15 is 0 Å². The second-order valence-electron chi connectivity index (χ2n) is 4.01. The fourth-order valence-electron chi connectivity index (χ4n) is 1.72. The number of aromatic carboxylic acids is 1. The summed E-state index contributed by atoms with van der Waals surface area (Å²) in [5.74, 6) is -0.724. The summed E-state index contributed by atoms with van der Waals surface area (Å²) in [6.07, 6.45) is 3.18. The minimum atomic E-state index is -1.13. The summed E-state index contributed by atoms with van der Waals surface area (Å²) in [6.45, 7) is 3.40. The molecule has 0 saturated carbocycles. The Morgan fingerprint density at radius 2 is 2.20 bits per heavy atom. The molecule has 0 aromatic carbocycles. The fourth-order valence-corrected chi connectivity index (χ4v) is 1.72. The number of aromatic nitrogens is 1. The minimum Gasteiger partial charge on any atom is -0.474 e. The first-order valence-corrected chi connectivity index (χ1v) is 4.89. The molecular weight excluding hydrogens is 198 g/mol. The molecule has 1 aliphatic heterocycles. The van der Waals surface area contributed by atoms with Crippen molar-refractivity contribution in [3.63, 3.8) is 0 Å². The number of rotatable bonds is 2. The third kappa shape index (κ3) is 1.87. The number of hydrogen-bond donors (Lipinski definition) is 1. The van der Waals surface area contributed by atoms with Crippen LogP contribution in [0.2, 0.25) is 0 Å². The van der Waals surface area contributed by atoms with Gasteiger partial charge in [-0.25, -0.2) is 9.78 Å². The largest absolute Gasteiger partial charge is 0.474 e. The Hall–Kier alpha value is -1.36. The van der Waals surface area contributed by atoms with Crippen molar-refractivity contribution in [2.75, 3.05) is 13.2 Å². The minimum absolute atomic E-state index is 0.140. The van der Waals surface area contributed by atoms with E-state index in [4.69, 9.17) is 14.3 Å². The average Bonchev–Trinajstić information content (AvgIpc) is 2.68. The van der Waals surface area contributed by atoms with Gasteiger partial charge in [-0.3, -0.25) is 0 Å². The summed E-state index contributed by atoms with van der Waals surface area (Å²) in [5.41, 5.74) is -0.140. The van der Waals surface area contributed by atoms with E-state index in [1.807, 2.05) is 6.92 Å². The van der Waals surface area contributed by atoms with Gasteiger partial charge in [-0.05, 0) is 12.8 Å². The number of nitrogens with zero attached hydrogens (tertiary/aromatic N) is 1. The van der Waals surface area contributed by atoms with Crippen molar-refractivity contribution in [2.24, 2.45) is 0 Å². The lowest BCUT2D eigenvalue weighted by Crippen LogP contribution is -2.30. The van der Waals surface area contributed by atoms with Crippen molar-refractivity contribution in [1.29, 1.82) is 0 Å². The van der Waals surface area contributed by atoms with Crippen LogP contribution >= 0.6 is 0 Å².